The van der Waals surface area contributed by atoms with Crippen LogP contribution in [0.4, 0.5) is 5.69 Å². The fourth-order valence-corrected chi connectivity index (χ4v) is 4.02. The van der Waals surface area contributed by atoms with Gasteiger partial charge in [-0.1, -0.05) is 32.9 Å². The van der Waals surface area contributed by atoms with Crippen molar-refractivity contribution in [2.24, 2.45) is 0 Å². The predicted molar refractivity (Wildman–Crippen MR) is 98.9 cm³/mol. The molecule has 2 aromatic carbocycles. The van der Waals surface area contributed by atoms with Crippen LogP contribution in [0.2, 0.25) is 0 Å². The van der Waals surface area contributed by atoms with E-state index in [4.69, 9.17) is 9.47 Å². The molecule has 1 unspecified atom stereocenters. The molecule has 2 aromatic rings. The standard InChI is InChI=1S/C19H21NO6S/c1-19(2,3)13-5-4-6-16(9-13)27(23,24)18-8-7-14(10-17(18)20(21)22)25-11-15-12-26-15/h4-10,15H,11-12H2,1-3H3. The predicted octanol–water partition coefficient (Wildman–Crippen LogP) is 3.50. The van der Waals surface area contributed by atoms with Crippen molar-refractivity contribution >= 4 is 15.5 Å². The van der Waals surface area contributed by atoms with Crippen molar-refractivity contribution in [2.45, 2.75) is 42.1 Å². The Bertz CT molecular complexity index is 974. The van der Waals surface area contributed by atoms with E-state index in [0.29, 0.717) is 6.61 Å². The number of benzene rings is 2. The first-order valence-electron chi connectivity index (χ1n) is 8.47. The van der Waals surface area contributed by atoms with Crippen molar-refractivity contribution in [3.63, 3.8) is 0 Å². The van der Waals surface area contributed by atoms with E-state index in [1.807, 2.05) is 26.8 Å². The summed E-state index contributed by atoms with van der Waals surface area (Å²) >= 11 is 0. The van der Waals surface area contributed by atoms with Crippen LogP contribution in [0.1, 0.15) is 26.3 Å². The molecule has 1 aliphatic heterocycles. The number of sulfone groups is 1. The molecule has 8 heteroatoms. The molecule has 0 aliphatic carbocycles. The molecule has 0 bridgehead atoms. The normalized spacial score (nSPS) is 16.8. The summed E-state index contributed by atoms with van der Waals surface area (Å²) in [6.07, 6.45) is -0.00685. The molecule has 0 radical (unpaired) electrons. The molecule has 3 rings (SSSR count). The molecule has 1 atom stereocenters. The van der Waals surface area contributed by atoms with Gasteiger partial charge >= 0.3 is 0 Å². The van der Waals surface area contributed by atoms with E-state index in [1.165, 1.54) is 18.2 Å². The highest BCUT2D eigenvalue weighted by Gasteiger charge is 2.30. The first-order chi connectivity index (χ1) is 12.6. The van der Waals surface area contributed by atoms with Gasteiger partial charge in [0.15, 0.2) is 0 Å². The van der Waals surface area contributed by atoms with Gasteiger partial charge in [0.25, 0.3) is 5.69 Å². The van der Waals surface area contributed by atoms with Gasteiger partial charge in [0.1, 0.15) is 23.4 Å². The lowest BCUT2D eigenvalue weighted by atomic mass is 9.87. The fourth-order valence-electron chi connectivity index (χ4n) is 2.57. The monoisotopic (exact) mass is 391 g/mol. The lowest BCUT2D eigenvalue weighted by Crippen LogP contribution is -2.13. The zero-order valence-electron chi connectivity index (χ0n) is 15.3. The lowest BCUT2D eigenvalue weighted by Gasteiger charge is -2.19. The van der Waals surface area contributed by atoms with Crippen molar-refractivity contribution in [3.8, 4) is 5.75 Å². The number of rotatable bonds is 6. The van der Waals surface area contributed by atoms with Crippen LogP contribution in [-0.4, -0.2) is 32.7 Å². The Morgan fingerprint density at radius 1 is 1.22 bits per heavy atom. The Hall–Kier alpha value is -2.45. The van der Waals surface area contributed by atoms with Crippen LogP contribution in [0, 0.1) is 10.1 Å². The van der Waals surface area contributed by atoms with Crippen LogP contribution >= 0.6 is 0 Å². The second-order valence-corrected chi connectivity index (χ2v) is 9.35. The van der Waals surface area contributed by atoms with Crippen LogP contribution in [0.25, 0.3) is 0 Å². The average molecular weight is 391 g/mol. The van der Waals surface area contributed by atoms with E-state index in [9.17, 15) is 18.5 Å². The van der Waals surface area contributed by atoms with Crippen molar-refractivity contribution in [1.29, 1.82) is 0 Å². The Morgan fingerprint density at radius 2 is 1.93 bits per heavy atom. The van der Waals surface area contributed by atoms with Crippen LogP contribution in [0.5, 0.6) is 5.75 Å². The molecule has 0 spiro atoms. The molecule has 27 heavy (non-hydrogen) atoms. The molecular weight excluding hydrogens is 370 g/mol. The third-order valence-corrected chi connectivity index (χ3v) is 6.06. The Balaban J connectivity index is 2.01. The van der Waals surface area contributed by atoms with Gasteiger partial charge in [0.05, 0.1) is 22.5 Å². The zero-order valence-corrected chi connectivity index (χ0v) is 16.2. The highest BCUT2D eigenvalue weighted by atomic mass is 32.2. The highest BCUT2D eigenvalue weighted by molar-refractivity contribution is 7.91. The van der Waals surface area contributed by atoms with Crippen molar-refractivity contribution in [2.75, 3.05) is 13.2 Å². The van der Waals surface area contributed by atoms with Crippen molar-refractivity contribution in [1.82, 2.24) is 0 Å². The number of ether oxygens (including phenoxy) is 2. The highest BCUT2D eigenvalue weighted by Crippen LogP contribution is 2.34. The minimum atomic E-state index is -4.06. The van der Waals surface area contributed by atoms with Crippen molar-refractivity contribution in [3.05, 3.63) is 58.1 Å². The molecule has 1 saturated heterocycles. The molecule has 1 heterocycles. The van der Waals surface area contributed by atoms with Crippen LogP contribution in [-0.2, 0) is 20.0 Å². The van der Waals surface area contributed by atoms with E-state index in [-0.39, 0.29) is 33.7 Å². The SMILES string of the molecule is CC(C)(C)c1cccc(S(=O)(=O)c2ccc(OCC3CO3)cc2[N+](=O)[O-])c1. The van der Waals surface area contributed by atoms with Gasteiger partial charge in [-0.15, -0.1) is 0 Å². The molecule has 144 valence electrons. The molecule has 0 amide bonds. The second-order valence-electron chi connectivity index (χ2n) is 7.43. The number of epoxide rings is 1. The summed E-state index contributed by atoms with van der Waals surface area (Å²) in [4.78, 5) is 10.5. The molecule has 0 aromatic heterocycles. The summed E-state index contributed by atoms with van der Waals surface area (Å²) in [5.74, 6) is 0.236. The molecule has 0 saturated carbocycles. The van der Waals surface area contributed by atoms with Gasteiger partial charge in [0.2, 0.25) is 9.84 Å². The van der Waals surface area contributed by atoms with E-state index in [1.54, 1.807) is 12.1 Å². The van der Waals surface area contributed by atoms with Crippen LogP contribution in [0.3, 0.4) is 0 Å². The molecular formula is C19H21NO6S. The minimum Gasteiger partial charge on any atom is -0.491 e. The maximum absolute atomic E-state index is 13.1. The summed E-state index contributed by atoms with van der Waals surface area (Å²) in [7, 11) is -4.06. The zero-order chi connectivity index (χ0) is 19.8. The second kappa shape index (κ2) is 6.94. The van der Waals surface area contributed by atoms with Gasteiger partial charge < -0.3 is 9.47 Å². The number of nitro groups is 1. The number of nitrogens with zero attached hydrogens (tertiary/aromatic N) is 1. The third-order valence-electron chi connectivity index (χ3n) is 4.27. The number of hydrogen-bond donors (Lipinski definition) is 0. The summed E-state index contributed by atoms with van der Waals surface area (Å²) in [5, 5.41) is 11.5. The minimum absolute atomic E-state index is 0.00685. The smallest absolute Gasteiger partial charge is 0.292 e. The summed E-state index contributed by atoms with van der Waals surface area (Å²) in [5.41, 5.74) is 0.0704. The van der Waals surface area contributed by atoms with E-state index in [2.05, 4.69) is 0 Å². The largest absolute Gasteiger partial charge is 0.491 e. The summed E-state index contributed by atoms with van der Waals surface area (Å²) < 4.78 is 36.6. The molecule has 7 nitrogen and oxygen atoms in total. The summed E-state index contributed by atoms with van der Waals surface area (Å²) in [6.45, 7) is 6.78. The number of hydrogen-bond acceptors (Lipinski definition) is 6. The Morgan fingerprint density at radius 3 is 2.52 bits per heavy atom. The van der Waals surface area contributed by atoms with Gasteiger partial charge in [-0.3, -0.25) is 10.1 Å². The topological polar surface area (TPSA) is 99.0 Å². The fraction of sp³-hybridized carbons (Fsp3) is 0.368. The lowest BCUT2D eigenvalue weighted by molar-refractivity contribution is -0.387. The summed E-state index contributed by atoms with van der Waals surface area (Å²) in [6, 6.07) is 10.3. The quantitative estimate of drug-likeness (QED) is 0.424. The van der Waals surface area contributed by atoms with Crippen LogP contribution in [0.15, 0.2) is 52.3 Å². The molecule has 1 fully saturated rings. The van der Waals surface area contributed by atoms with E-state index < -0.39 is 20.4 Å². The number of nitro benzene ring substituents is 1. The van der Waals surface area contributed by atoms with Crippen molar-refractivity contribution < 1.29 is 22.8 Å². The van der Waals surface area contributed by atoms with Gasteiger partial charge in [0, 0.05) is 0 Å². The van der Waals surface area contributed by atoms with E-state index in [0.717, 1.165) is 11.6 Å². The maximum Gasteiger partial charge on any atom is 0.292 e. The van der Waals surface area contributed by atoms with Gasteiger partial charge in [-0.05, 0) is 35.2 Å². The Kier molecular flexibility index (Phi) is 4.96. The average Bonchev–Trinajstić information content (AvgIpc) is 3.43. The van der Waals surface area contributed by atoms with Gasteiger partial charge in [-0.25, -0.2) is 8.42 Å². The first-order valence-corrected chi connectivity index (χ1v) is 9.96. The van der Waals surface area contributed by atoms with E-state index >= 15 is 0 Å². The molecule has 1 aliphatic rings. The van der Waals surface area contributed by atoms with Crippen LogP contribution < -0.4 is 4.74 Å². The third kappa shape index (κ3) is 4.28. The molecule has 0 N–H and O–H groups in total. The first kappa shape index (κ1) is 19.3. The maximum atomic E-state index is 13.1. The Labute approximate surface area is 158 Å². The van der Waals surface area contributed by atoms with Gasteiger partial charge in [-0.2, -0.15) is 0 Å².